The van der Waals surface area contributed by atoms with Gasteiger partial charge in [0.1, 0.15) is 24.0 Å². The fourth-order valence-corrected chi connectivity index (χ4v) is 2.69. The predicted molar refractivity (Wildman–Crippen MR) is 86.5 cm³/mol. The number of nitrogens with zero attached hydrogens (tertiary/aromatic N) is 2. The van der Waals surface area contributed by atoms with Gasteiger partial charge in [-0.25, -0.2) is 18.0 Å². The lowest BCUT2D eigenvalue weighted by Crippen LogP contribution is -2.45. The van der Waals surface area contributed by atoms with Crippen molar-refractivity contribution in [3.63, 3.8) is 0 Å². The Morgan fingerprint density at radius 1 is 1.31 bits per heavy atom. The Bertz CT molecular complexity index is 875. The fourth-order valence-electron chi connectivity index (χ4n) is 2.69. The second-order valence-corrected chi connectivity index (χ2v) is 5.90. The lowest BCUT2D eigenvalue weighted by Gasteiger charge is -2.29. The maximum Gasteiger partial charge on any atom is 0.322 e. The molecule has 0 bridgehead atoms. The van der Waals surface area contributed by atoms with E-state index < -0.39 is 35.4 Å². The van der Waals surface area contributed by atoms with Gasteiger partial charge in [-0.3, -0.25) is 9.78 Å². The molecular formula is C17H15F3N4O2. The molecule has 0 saturated carbocycles. The minimum atomic E-state index is -0.877. The maximum absolute atomic E-state index is 13.7. The highest BCUT2D eigenvalue weighted by Crippen LogP contribution is 2.24. The SMILES string of the molecule is C[C@H](NC(=O)CN1Cc2cc(F)ccc2NC1=O)c1ncc(F)cc1F. The lowest BCUT2D eigenvalue weighted by atomic mass is 10.1. The van der Waals surface area contributed by atoms with Crippen molar-refractivity contribution in [3.8, 4) is 0 Å². The number of aromatic nitrogens is 1. The van der Waals surface area contributed by atoms with Crippen LogP contribution in [0, 0.1) is 17.5 Å². The van der Waals surface area contributed by atoms with E-state index in [0.717, 1.165) is 6.20 Å². The van der Waals surface area contributed by atoms with E-state index in [1.54, 1.807) is 0 Å². The van der Waals surface area contributed by atoms with Gasteiger partial charge in [0, 0.05) is 11.8 Å². The van der Waals surface area contributed by atoms with Crippen molar-refractivity contribution in [3.05, 3.63) is 59.2 Å². The minimum absolute atomic E-state index is 0.0594. The van der Waals surface area contributed by atoms with Crippen LogP contribution in [0.2, 0.25) is 0 Å². The van der Waals surface area contributed by atoms with Crippen LogP contribution in [0.3, 0.4) is 0 Å². The molecule has 2 aromatic rings. The van der Waals surface area contributed by atoms with Crippen molar-refractivity contribution < 1.29 is 22.8 Å². The number of carbonyl (C=O) groups excluding carboxylic acids is 2. The zero-order valence-electron chi connectivity index (χ0n) is 13.7. The van der Waals surface area contributed by atoms with Crippen molar-refractivity contribution in [2.24, 2.45) is 0 Å². The van der Waals surface area contributed by atoms with Gasteiger partial charge in [0.25, 0.3) is 0 Å². The molecule has 0 fully saturated rings. The van der Waals surface area contributed by atoms with E-state index in [9.17, 15) is 22.8 Å². The van der Waals surface area contributed by atoms with Crippen LogP contribution in [-0.2, 0) is 11.3 Å². The molecule has 1 atom stereocenters. The first-order valence-corrected chi connectivity index (χ1v) is 7.78. The molecule has 0 spiro atoms. The van der Waals surface area contributed by atoms with E-state index in [1.807, 2.05) is 0 Å². The number of amides is 3. The molecule has 2 N–H and O–H groups in total. The number of carbonyl (C=O) groups is 2. The van der Waals surface area contributed by atoms with Gasteiger partial charge in [-0.15, -0.1) is 0 Å². The third kappa shape index (κ3) is 3.76. The van der Waals surface area contributed by atoms with Crippen molar-refractivity contribution >= 4 is 17.6 Å². The summed E-state index contributed by atoms with van der Waals surface area (Å²) >= 11 is 0. The zero-order valence-corrected chi connectivity index (χ0v) is 13.7. The van der Waals surface area contributed by atoms with Crippen LogP contribution in [0.5, 0.6) is 0 Å². The molecule has 0 radical (unpaired) electrons. The van der Waals surface area contributed by atoms with Crippen molar-refractivity contribution in [1.29, 1.82) is 0 Å². The molecule has 2 heterocycles. The molecule has 136 valence electrons. The van der Waals surface area contributed by atoms with Gasteiger partial charge in [0.15, 0.2) is 0 Å². The van der Waals surface area contributed by atoms with Crippen LogP contribution < -0.4 is 10.6 Å². The van der Waals surface area contributed by atoms with E-state index in [1.165, 1.54) is 30.0 Å². The third-order valence-electron chi connectivity index (χ3n) is 3.92. The Morgan fingerprint density at radius 2 is 2.08 bits per heavy atom. The van der Waals surface area contributed by atoms with Crippen molar-refractivity contribution in [2.75, 3.05) is 11.9 Å². The van der Waals surface area contributed by atoms with E-state index in [-0.39, 0.29) is 18.8 Å². The van der Waals surface area contributed by atoms with Crippen LogP contribution >= 0.6 is 0 Å². The Labute approximate surface area is 147 Å². The van der Waals surface area contributed by atoms with Crippen LogP contribution in [0.1, 0.15) is 24.2 Å². The number of nitrogens with one attached hydrogen (secondary N) is 2. The van der Waals surface area contributed by atoms with E-state index in [4.69, 9.17) is 0 Å². The number of hydrogen-bond donors (Lipinski definition) is 2. The number of urea groups is 1. The summed E-state index contributed by atoms with van der Waals surface area (Å²) in [6, 6.07) is 3.31. The van der Waals surface area contributed by atoms with Gasteiger partial charge in [0.05, 0.1) is 24.5 Å². The normalized spacial score (nSPS) is 14.5. The summed E-state index contributed by atoms with van der Waals surface area (Å²) in [5.41, 5.74) is 0.908. The Kier molecular flexibility index (Phi) is 4.79. The summed E-state index contributed by atoms with van der Waals surface area (Å²) in [6.07, 6.45) is 0.852. The number of hydrogen-bond acceptors (Lipinski definition) is 3. The molecule has 1 aliphatic rings. The molecule has 0 unspecified atom stereocenters. The van der Waals surface area contributed by atoms with Crippen LogP contribution in [-0.4, -0.2) is 28.4 Å². The van der Waals surface area contributed by atoms with Gasteiger partial charge in [-0.05, 0) is 30.7 Å². The summed E-state index contributed by atoms with van der Waals surface area (Å²) in [5.74, 6) is -2.70. The van der Waals surface area contributed by atoms with E-state index in [0.29, 0.717) is 17.3 Å². The van der Waals surface area contributed by atoms with Crippen molar-refractivity contribution in [2.45, 2.75) is 19.5 Å². The van der Waals surface area contributed by atoms with Gasteiger partial charge >= 0.3 is 6.03 Å². The zero-order chi connectivity index (χ0) is 18.8. The smallest absolute Gasteiger partial charge is 0.322 e. The monoisotopic (exact) mass is 364 g/mol. The molecule has 9 heteroatoms. The van der Waals surface area contributed by atoms with Gasteiger partial charge in [-0.2, -0.15) is 0 Å². The Balaban J connectivity index is 1.65. The first-order valence-electron chi connectivity index (χ1n) is 7.78. The molecule has 1 aromatic heterocycles. The molecule has 1 aliphatic heterocycles. The molecule has 0 aliphatic carbocycles. The first-order chi connectivity index (χ1) is 12.3. The van der Waals surface area contributed by atoms with Crippen LogP contribution in [0.25, 0.3) is 0 Å². The molecule has 3 rings (SSSR count). The third-order valence-corrected chi connectivity index (χ3v) is 3.92. The largest absolute Gasteiger partial charge is 0.346 e. The number of benzene rings is 1. The highest BCUT2D eigenvalue weighted by Gasteiger charge is 2.25. The summed E-state index contributed by atoms with van der Waals surface area (Å²) < 4.78 is 39.9. The predicted octanol–water partition coefficient (Wildman–Crippen LogP) is 2.72. The number of fused-ring (bicyclic) bond motifs is 1. The summed E-state index contributed by atoms with van der Waals surface area (Å²) in [5, 5.41) is 5.07. The van der Waals surface area contributed by atoms with Crippen molar-refractivity contribution in [1.82, 2.24) is 15.2 Å². The maximum atomic E-state index is 13.7. The second kappa shape index (κ2) is 7.03. The topological polar surface area (TPSA) is 74.3 Å². The molecule has 0 saturated heterocycles. The summed E-state index contributed by atoms with van der Waals surface area (Å²) in [7, 11) is 0. The Morgan fingerprint density at radius 3 is 2.81 bits per heavy atom. The lowest BCUT2D eigenvalue weighted by molar-refractivity contribution is -0.122. The fraction of sp³-hybridized carbons (Fsp3) is 0.235. The molecule has 3 amide bonds. The van der Waals surface area contributed by atoms with Gasteiger partial charge in [0.2, 0.25) is 5.91 Å². The number of pyridine rings is 1. The Hall–Kier alpha value is -3.10. The van der Waals surface area contributed by atoms with Crippen LogP contribution in [0.4, 0.5) is 23.7 Å². The molecule has 6 nitrogen and oxygen atoms in total. The second-order valence-electron chi connectivity index (χ2n) is 5.90. The standard InChI is InChI=1S/C17H15F3N4O2/c1-9(16-13(20)5-12(19)6-21-16)22-15(25)8-24-7-10-4-11(18)2-3-14(10)23-17(24)26/h2-6,9H,7-8H2,1H3,(H,22,25)(H,23,26)/t9-/m0/s1. The van der Waals surface area contributed by atoms with E-state index in [2.05, 4.69) is 15.6 Å². The van der Waals surface area contributed by atoms with Gasteiger partial charge < -0.3 is 15.5 Å². The number of halogens is 3. The quantitative estimate of drug-likeness (QED) is 0.876. The summed E-state index contributed by atoms with van der Waals surface area (Å²) in [6.45, 7) is 1.24. The van der Waals surface area contributed by atoms with Crippen LogP contribution in [0.15, 0.2) is 30.5 Å². The average molecular weight is 364 g/mol. The molecule has 26 heavy (non-hydrogen) atoms. The molecular weight excluding hydrogens is 349 g/mol. The minimum Gasteiger partial charge on any atom is -0.346 e. The highest BCUT2D eigenvalue weighted by molar-refractivity contribution is 5.94. The first kappa shape index (κ1) is 17.7. The average Bonchev–Trinajstić information content (AvgIpc) is 2.55. The van der Waals surface area contributed by atoms with E-state index >= 15 is 0 Å². The number of rotatable bonds is 4. The molecule has 1 aromatic carbocycles. The summed E-state index contributed by atoms with van der Waals surface area (Å²) in [4.78, 5) is 29.0. The number of anilines is 1. The highest BCUT2D eigenvalue weighted by atomic mass is 19.1. The van der Waals surface area contributed by atoms with Gasteiger partial charge in [-0.1, -0.05) is 0 Å².